The minimum absolute atomic E-state index is 0.892. The average Bonchev–Trinajstić information content (AvgIpc) is 3.64. The van der Waals surface area contributed by atoms with Crippen molar-refractivity contribution < 1.29 is 8.83 Å². The van der Waals surface area contributed by atoms with E-state index in [4.69, 9.17) is 8.83 Å². The summed E-state index contributed by atoms with van der Waals surface area (Å²) in [5.41, 5.74) is 9.20. The fraction of sp³-hybridized carbons (Fsp3) is 0. The maximum Gasteiger partial charge on any atom is 0.136 e. The third-order valence-corrected chi connectivity index (χ3v) is 8.45. The first-order chi connectivity index (χ1) is 21.3. The Labute approximate surface area is 247 Å². The zero-order chi connectivity index (χ0) is 28.3. The van der Waals surface area contributed by atoms with E-state index in [1.807, 2.05) is 12.1 Å². The number of furan rings is 2. The van der Waals surface area contributed by atoms with E-state index in [9.17, 15) is 0 Å². The van der Waals surface area contributed by atoms with Crippen LogP contribution < -0.4 is 4.90 Å². The molecule has 0 bridgehead atoms. The van der Waals surface area contributed by atoms with Gasteiger partial charge in [-0.25, -0.2) is 0 Å². The smallest absolute Gasteiger partial charge is 0.136 e. The largest absolute Gasteiger partial charge is 0.456 e. The molecule has 0 saturated heterocycles. The Kier molecular flexibility index (Phi) is 5.20. The number of para-hydroxylation sites is 2. The van der Waals surface area contributed by atoms with Crippen molar-refractivity contribution in [1.82, 2.24) is 0 Å². The van der Waals surface area contributed by atoms with E-state index in [1.54, 1.807) is 0 Å². The molecule has 0 aliphatic carbocycles. The van der Waals surface area contributed by atoms with Crippen molar-refractivity contribution in [3.8, 4) is 11.1 Å². The third kappa shape index (κ3) is 3.83. The monoisotopic (exact) mass is 551 g/mol. The van der Waals surface area contributed by atoms with Crippen molar-refractivity contribution in [2.75, 3.05) is 4.90 Å². The number of hydrogen-bond donors (Lipinski definition) is 0. The van der Waals surface area contributed by atoms with E-state index in [2.05, 4.69) is 144 Å². The molecule has 2 aromatic heterocycles. The van der Waals surface area contributed by atoms with Gasteiger partial charge in [0.05, 0.1) is 0 Å². The normalized spacial score (nSPS) is 11.7. The van der Waals surface area contributed by atoms with Crippen LogP contribution in [0.15, 0.2) is 160 Å². The summed E-state index contributed by atoms with van der Waals surface area (Å²) < 4.78 is 12.4. The number of anilines is 3. The third-order valence-electron chi connectivity index (χ3n) is 8.45. The summed E-state index contributed by atoms with van der Waals surface area (Å²) in [7, 11) is 0. The van der Waals surface area contributed by atoms with Crippen LogP contribution in [0.1, 0.15) is 0 Å². The van der Waals surface area contributed by atoms with Crippen LogP contribution >= 0.6 is 0 Å². The highest BCUT2D eigenvalue weighted by Crippen LogP contribution is 2.40. The molecule has 0 N–H and O–H groups in total. The summed E-state index contributed by atoms with van der Waals surface area (Å²) in [4.78, 5) is 2.30. The molecule has 9 aromatic rings. The van der Waals surface area contributed by atoms with Crippen LogP contribution in [0.25, 0.3) is 65.8 Å². The average molecular weight is 552 g/mol. The van der Waals surface area contributed by atoms with Gasteiger partial charge in [-0.3, -0.25) is 0 Å². The summed E-state index contributed by atoms with van der Waals surface area (Å²) in [5.74, 6) is 0. The van der Waals surface area contributed by atoms with E-state index >= 15 is 0 Å². The Hall–Kier alpha value is -5.80. The molecule has 0 aliphatic rings. The summed E-state index contributed by atoms with van der Waals surface area (Å²) in [5, 5.41) is 6.97. The minimum Gasteiger partial charge on any atom is -0.456 e. The number of hydrogen-bond acceptors (Lipinski definition) is 3. The molecule has 3 heteroatoms. The number of benzene rings is 7. The molecule has 43 heavy (non-hydrogen) atoms. The van der Waals surface area contributed by atoms with Gasteiger partial charge in [0.15, 0.2) is 0 Å². The lowest BCUT2D eigenvalue weighted by molar-refractivity contribution is 0.668. The van der Waals surface area contributed by atoms with Gasteiger partial charge in [0, 0.05) is 38.6 Å². The fourth-order valence-electron chi connectivity index (χ4n) is 6.41. The molecule has 202 valence electrons. The van der Waals surface area contributed by atoms with E-state index in [-0.39, 0.29) is 0 Å². The second-order valence-corrected chi connectivity index (χ2v) is 11.0. The maximum atomic E-state index is 6.24. The van der Waals surface area contributed by atoms with Gasteiger partial charge >= 0.3 is 0 Å². The van der Waals surface area contributed by atoms with Gasteiger partial charge in [-0.2, -0.15) is 0 Å². The SMILES string of the molecule is c1ccc(N(c2ccc(-c3ccc4oc5ccc6ccccc6c5c4c3)cc2)c2ccc3oc4ccccc4c3c2)cc1. The highest BCUT2D eigenvalue weighted by molar-refractivity contribution is 6.19. The number of nitrogens with zero attached hydrogens (tertiary/aromatic N) is 1. The molecule has 0 unspecified atom stereocenters. The molecule has 0 aliphatic heterocycles. The van der Waals surface area contributed by atoms with Gasteiger partial charge in [0.25, 0.3) is 0 Å². The fourth-order valence-corrected chi connectivity index (χ4v) is 6.41. The Morgan fingerprint density at radius 2 is 0.953 bits per heavy atom. The van der Waals surface area contributed by atoms with E-state index in [1.165, 1.54) is 16.2 Å². The van der Waals surface area contributed by atoms with Gasteiger partial charge in [-0.15, -0.1) is 0 Å². The van der Waals surface area contributed by atoms with Crippen LogP contribution in [0.3, 0.4) is 0 Å². The highest BCUT2D eigenvalue weighted by atomic mass is 16.3. The van der Waals surface area contributed by atoms with Gasteiger partial charge < -0.3 is 13.7 Å². The molecule has 9 rings (SSSR count). The van der Waals surface area contributed by atoms with Crippen LogP contribution in [-0.4, -0.2) is 0 Å². The Bertz CT molecular complexity index is 2450. The second kappa shape index (κ2) is 9.37. The summed E-state index contributed by atoms with van der Waals surface area (Å²) in [6.07, 6.45) is 0. The predicted molar refractivity (Wildman–Crippen MR) is 179 cm³/mol. The molecular weight excluding hydrogens is 526 g/mol. The molecule has 2 heterocycles. The quantitative estimate of drug-likeness (QED) is 0.218. The lowest BCUT2D eigenvalue weighted by Gasteiger charge is -2.25. The summed E-state index contributed by atoms with van der Waals surface area (Å²) in [6, 6.07) is 53.2. The molecule has 0 fully saturated rings. The van der Waals surface area contributed by atoms with Crippen molar-refractivity contribution in [2.24, 2.45) is 0 Å². The first-order valence-electron chi connectivity index (χ1n) is 14.5. The van der Waals surface area contributed by atoms with Crippen LogP contribution in [0.2, 0.25) is 0 Å². The minimum atomic E-state index is 0.892. The van der Waals surface area contributed by atoms with E-state index in [0.29, 0.717) is 0 Å². The first kappa shape index (κ1) is 23.9. The van der Waals surface area contributed by atoms with Gasteiger partial charge in [-0.1, -0.05) is 84.9 Å². The van der Waals surface area contributed by atoms with Crippen molar-refractivity contribution >= 4 is 71.7 Å². The Morgan fingerprint density at radius 1 is 0.349 bits per heavy atom. The summed E-state index contributed by atoms with van der Waals surface area (Å²) in [6.45, 7) is 0. The molecule has 0 saturated carbocycles. The lowest BCUT2D eigenvalue weighted by atomic mass is 10.00. The molecule has 0 radical (unpaired) electrons. The molecular formula is C40H25NO2. The molecule has 0 amide bonds. The predicted octanol–water partition coefficient (Wildman–Crippen LogP) is 11.8. The lowest BCUT2D eigenvalue weighted by Crippen LogP contribution is -2.09. The van der Waals surface area contributed by atoms with Crippen molar-refractivity contribution in [3.63, 3.8) is 0 Å². The number of fused-ring (bicyclic) bond motifs is 8. The second-order valence-electron chi connectivity index (χ2n) is 11.0. The van der Waals surface area contributed by atoms with Gasteiger partial charge in [0.1, 0.15) is 22.3 Å². The first-order valence-corrected chi connectivity index (χ1v) is 14.5. The molecule has 7 aromatic carbocycles. The van der Waals surface area contributed by atoms with Crippen molar-refractivity contribution in [2.45, 2.75) is 0 Å². The molecule has 3 nitrogen and oxygen atoms in total. The Morgan fingerprint density at radius 3 is 1.84 bits per heavy atom. The van der Waals surface area contributed by atoms with Crippen LogP contribution in [0.4, 0.5) is 17.1 Å². The van der Waals surface area contributed by atoms with Gasteiger partial charge in [-0.05, 0) is 88.6 Å². The van der Waals surface area contributed by atoms with Gasteiger partial charge in [0.2, 0.25) is 0 Å². The van der Waals surface area contributed by atoms with E-state index in [0.717, 1.165) is 66.7 Å². The summed E-state index contributed by atoms with van der Waals surface area (Å²) >= 11 is 0. The maximum absolute atomic E-state index is 6.24. The highest BCUT2D eigenvalue weighted by Gasteiger charge is 2.16. The standard InChI is InChI=1S/C40H25NO2/c1-2-9-29(10-3-1)41(31-20-23-37-34(25-31)33-12-6-7-13-36(33)42-37)30-18-14-26(15-19-30)28-17-21-38-35(24-28)40-32-11-5-4-8-27(32)16-22-39(40)43-38/h1-25H. The molecule has 0 spiro atoms. The van der Waals surface area contributed by atoms with Crippen molar-refractivity contribution in [1.29, 1.82) is 0 Å². The Balaban J connectivity index is 1.16. The van der Waals surface area contributed by atoms with Crippen molar-refractivity contribution in [3.05, 3.63) is 152 Å². The van der Waals surface area contributed by atoms with Crippen LogP contribution in [0.5, 0.6) is 0 Å². The van der Waals surface area contributed by atoms with E-state index < -0.39 is 0 Å². The topological polar surface area (TPSA) is 29.5 Å². The number of rotatable bonds is 4. The van der Waals surface area contributed by atoms with Crippen LogP contribution in [0, 0.1) is 0 Å². The zero-order valence-corrected chi connectivity index (χ0v) is 23.2. The van der Waals surface area contributed by atoms with Crippen LogP contribution in [-0.2, 0) is 0 Å². The molecule has 0 atom stereocenters. The zero-order valence-electron chi connectivity index (χ0n) is 23.2.